The lowest BCUT2D eigenvalue weighted by molar-refractivity contribution is -0.122. The molecule has 1 fully saturated rings. The molecule has 6 nitrogen and oxygen atoms in total. The van der Waals surface area contributed by atoms with Gasteiger partial charge in [0.2, 0.25) is 5.75 Å². The van der Waals surface area contributed by atoms with E-state index < -0.39 is 0 Å². The van der Waals surface area contributed by atoms with Crippen LogP contribution in [0.2, 0.25) is 0 Å². The van der Waals surface area contributed by atoms with Crippen LogP contribution in [0.15, 0.2) is 12.1 Å². The zero-order chi connectivity index (χ0) is 17.0. The number of carbonyl (C=O) groups excluding carboxylic acids is 1. The molecular formula is C17H25NO5. The van der Waals surface area contributed by atoms with Crippen LogP contribution in [0, 0.1) is 0 Å². The van der Waals surface area contributed by atoms with E-state index >= 15 is 0 Å². The summed E-state index contributed by atoms with van der Waals surface area (Å²) < 4.78 is 21.7. The fraction of sp³-hybridized carbons (Fsp3) is 0.588. The molecule has 0 bridgehead atoms. The summed E-state index contributed by atoms with van der Waals surface area (Å²) in [5.41, 5.74) is 1.000. The fourth-order valence-corrected chi connectivity index (χ4v) is 2.32. The van der Waals surface area contributed by atoms with Gasteiger partial charge in [0.15, 0.2) is 17.6 Å². The minimum absolute atomic E-state index is 0.0171. The third-order valence-electron chi connectivity index (χ3n) is 3.56. The van der Waals surface area contributed by atoms with E-state index in [1.165, 1.54) is 0 Å². The lowest BCUT2D eigenvalue weighted by Gasteiger charge is -2.18. The van der Waals surface area contributed by atoms with Crippen molar-refractivity contribution in [3.05, 3.63) is 17.7 Å². The van der Waals surface area contributed by atoms with Gasteiger partial charge in [-0.15, -0.1) is 0 Å². The van der Waals surface area contributed by atoms with E-state index in [9.17, 15) is 4.79 Å². The highest BCUT2D eigenvalue weighted by atomic mass is 16.6. The average Bonchev–Trinajstić information content (AvgIpc) is 3.24. The second kappa shape index (κ2) is 7.55. The number of methoxy groups -OCH3 is 2. The molecule has 1 aliphatic heterocycles. The summed E-state index contributed by atoms with van der Waals surface area (Å²) in [5.74, 6) is 1.78. The predicted octanol–water partition coefficient (Wildman–Crippen LogP) is 1.94. The van der Waals surface area contributed by atoms with Crippen molar-refractivity contribution in [3.63, 3.8) is 0 Å². The van der Waals surface area contributed by atoms with Gasteiger partial charge in [0.1, 0.15) is 0 Å². The van der Waals surface area contributed by atoms with Crippen molar-refractivity contribution >= 4 is 5.91 Å². The maximum absolute atomic E-state index is 11.7. The van der Waals surface area contributed by atoms with Crippen LogP contribution in [0.5, 0.6) is 17.2 Å². The number of nitrogens with one attached hydrogen (secondary N) is 1. The summed E-state index contributed by atoms with van der Waals surface area (Å²) in [7, 11) is 3.19. The third-order valence-corrected chi connectivity index (χ3v) is 3.56. The summed E-state index contributed by atoms with van der Waals surface area (Å²) in [6, 6.07) is 3.81. The van der Waals surface area contributed by atoms with Crippen molar-refractivity contribution in [2.24, 2.45) is 0 Å². The normalized spacial score (nSPS) is 19.4. The first-order chi connectivity index (χ1) is 11.0. The Morgan fingerprint density at radius 1 is 1.26 bits per heavy atom. The number of epoxide rings is 1. The number of hydrogen-bond acceptors (Lipinski definition) is 5. The van der Waals surface area contributed by atoms with Crippen LogP contribution in [-0.2, 0) is 16.0 Å². The number of benzene rings is 1. The Bertz CT molecular complexity index is 533. The molecule has 0 spiro atoms. The molecule has 1 aromatic carbocycles. The monoisotopic (exact) mass is 323 g/mol. The van der Waals surface area contributed by atoms with Crippen LogP contribution >= 0.6 is 0 Å². The molecule has 2 rings (SSSR count). The van der Waals surface area contributed by atoms with Crippen molar-refractivity contribution in [2.45, 2.75) is 45.5 Å². The third kappa shape index (κ3) is 4.51. The van der Waals surface area contributed by atoms with Gasteiger partial charge in [-0.2, -0.15) is 0 Å². The molecule has 1 heterocycles. The first-order valence-electron chi connectivity index (χ1n) is 7.81. The Morgan fingerprint density at radius 3 is 2.26 bits per heavy atom. The molecule has 1 amide bonds. The molecule has 0 aromatic heterocycles. The maximum atomic E-state index is 11.7. The predicted molar refractivity (Wildman–Crippen MR) is 86.4 cm³/mol. The standard InChI is InChI=1S/C17H25NO5/c1-10(2)22-16-13(20-4)8-12(9-14(16)21-5)6-7-18-17(19)15-11(3)23-15/h8-11,15H,6-7H2,1-5H3,(H,18,19)/t11-,15+/m0/s1. The summed E-state index contributed by atoms with van der Waals surface area (Å²) in [4.78, 5) is 11.7. The van der Waals surface area contributed by atoms with Gasteiger partial charge in [0, 0.05) is 6.54 Å². The minimum atomic E-state index is -0.291. The minimum Gasteiger partial charge on any atom is -0.493 e. The van der Waals surface area contributed by atoms with E-state index in [4.69, 9.17) is 18.9 Å². The number of carbonyl (C=O) groups is 1. The Labute approximate surface area is 137 Å². The molecule has 1 aromatic rings. The highest BCUT2D eigenvalue weighted by molar-refractivity contribution is 5.83. The van der Waals surface area contributed by atoms with E-state index in [0.29, 0.717) is 30.2 Å². The molecule has 6 heteroatoms. The molecule has 0 aliphatic carbocycles. The molecular weight excluding hydrogens is 298 g/mol. The van der Waals surface area contributed by atoms with Crippen LogP contribution in [0.3, 0.4) is 0 Å². The Morgan fingerprint density at radius 2 is 1.83 bits per heavy atom. The SMILES string of the molecule is COc1cc(CCNC(=O)[C@@H]2O[C@H]2C)cc(OC)c1OC(C)C. The van der Waals surface area contributed by atoms with Crippen LogP contribution in [0.1, 0.15) is 26.3 Å². The second-order valence-electron chi connectivity index (χ2n) is 5.80. The zero-order valence-electron chi connectivity index (χ0n) is 14.3. The summed E-state index contributed by atoms with van der Waals surface area (Å²) >= 11 is 0. The van der Waals surface area contributed by atoms with Gasteiger partial charge in [0.05, 0.1) is 26.4 Å². The Balaban J connectivity index is 2.02. The van der Waals surface area contributed by atoms with Crippen LogP contribution in [0.4, 0.5) is 0 Å². The number of ether oxygens (including phenoxy) is 4. The topological polar surface area (TPSA) is 69.3 Å². The van der Waals surface area contributed by atoms with Crippen LogP contribution < -0.4 is 19.5 Å². The largest absolute Gasteiger partial charge is 0.493 e. The quantitative estimate of drug-likeness (QED) is 0.740. The zero-order valence-corrected chi connectivity index (χ0v) is 14.3. The number of rotatable bonds is 8. The first-order valence-corrected chi connectivity index (χ1v) is 7.81. The molecule has 2 atom stereocenters. The van der Waals surface area contributed by atoms with Gasteiger partial charge in [-0.3, -0.25) is 4.79 Å². The molecule has 0 unspecified atom stereocenters. The second-order valence-corrected chi connectivity index (χ2v) is 5.80. The Kier molecular flexibility index (Phi) is 5.71. The van der Waals surface area contributed by atoms with Crippen molar-refractivity contribution in [1.29, 1.82) is 0 Å². The lowest BCUT2D eigenvalue weighted by Crippen LogP contribution is -2.30. The van der Waals surface area contributed by atoms with Gasteiger partial charge < -0.3 is 24.3 Å². The van der Waals surface area contributed by atoms with E-state index in [0.717, 1.165) is 5.56 Å². The van der Waals surface area contributed by atoms with Crippen molar-refractivity contribution in [2.75, 3.05) is 20.8 Å². The number of amides is 1. The molecule has 0 radical (unpaired) electrons. The van der Waals surface area contributed by atoms with Gasteiger partial charge >= 0.3 is 0 Å². The average molecular weight is 323 g/mol. The first kappa shape index (κ1) is 17.4. The summed E-state index contributed by atoms with van der Waals surface area (Å²) in [6.45, 7) is 6.31. The molecule has 1 N–H and O–H groups in total. The van der Waals surface area contributed by atoms with Crippen LogP contribution in [0.25, 0.3) is 0 Å². The van der Waals surface area contributed by atoms with E-state index in [1.807, 2.05) is 32.9 Å². The van der Waals surface area contributed by atoms with Crippen LogP contribution in [-0.4, -0.2) is 45.0 Å². The van der Waals surface area contributed by atoms with Gasteiger partial charge in [-0.25, -0.2) is 0 Å². The van der Waals surface area contributed by atoms with E-state index in [-0.39, 0.29) is 24.2 Å². The smallest absolute Gasteiger partial charge is 0.251 e. The van der Waals surface area contributed by atoms with Crippen molar-refractivity contribution in [3.8, 4) is 17.2 Å². The Hall–Kier alpha value is -1.95. The lowest BCUT2D eigenvalue weighted by atomic mass is 10.1. The fourth-order valence-electron chi connectivity index (χ4n) is 2.32. The molecule has 0 saturated carbocycles. The van der Waals surface area contributed by atoms with Crippen molar-refractivity contribution < 1.29 is 23.7 Å². The van der Waals surface area contributed by atoms with Crippen molar-refractivity contribution in [1.82, 2.24) is 5.32 Å². The molecule has 23 heavy (non-hydrogen) atoms. The van der Waals surface area contributed by atoms with Gasteiger partial charge in [0.25, 0.3) is 5.91 Å². The van der Waals surface area contributed by atoms with Gasteiger partial charge in [-0.05, 0) is 44.9 Å². The molecule has 1 saturated heterocycles. The summed E-state index contributed by atoms with van der Waals surface area (Å²) in [5, 5.41) is 2.87. The van der Waals surface area contributed by atoms with Gasteiger partial charge in [-0.1, -0.05) is 0 Å². The van der Waals surface area contributed by atoms with E-state index in [2.05, 4.69) is 5.32 Å². The van der Waals surface area contributed by atoms with E-state index in [1.54, 1.807) is 14.2 Å². The highest BCUT2D eigenvalue weighted by Crippen LogP contribution is 2.39. The summed E-state index contributed by atoms with van der Waals surface area (Å²) in [6.07, 6.45) is 0.425. The number of hydrogen-bond donors (Lipinski definition) is 1. The highest BCUT2D eigenvalue weighted by Gasteiger charge is 2.40. The molecule has 128 valence electrons. The maximum Gasteiger partial charge on any atom is 0.251 e. The molecule has 1 aliphatic rings.